The van der Waals surface area contributed by atoms with Gasteiger partial charge in [-0.25, -0.2) is 0 Å². The van der Waals surface area contributed by atoms with Gasteiger partial charge in [-0.05, 0) is 39.7 Å². The Labute approximate surface area is 142 Å². The highest BCUT2D eigenvalue weighted by atomic mass is 16.5. The van der Waals surface area contributed by atoms with Crippen molar-refractivity contribution in [2.24, 2.45) is 7.05 Å². The lowest BCUT2D eigenvalue weighted by Crippen LogP contribution is -2.34. The Morgan fingerprint density at radius 2 is 2.17 bits per heavy atom. The van der Waals surface area contributed by atoms with Crippen molar-refractivity contribution in [3.05, 3.63) is 18.2 Å². The minimum Gasteiger partial charge on any atom is -0.390 e. The van der Waals surface area contributed by atoms with E-state index in [-0.39, 0.29) is 6.04 Å². The van der Waals surface area contributed by atoms with Crippen molar-refractivity contribution in [2.75, 3.05) is 13.1 Å². The van der Waals surface area contributed by atoms with Crippen molar-refractivity contribution in [3.63, 3.8) is 0 Å². The SMILES string of the molecule is Cn1cc(-c2nc([C@@H]3CCCCCN3CCC(C)(C)O)no2)cn1. The number of rotatable bonds is 5. The predicted octanol–water partition coefficient (Wildman–Crippen LogP) is 2.55. The van der Waals surface area contributed by atoms with Gasteiger partial charge in [0.1, 0.15) is 0 Å². The highest BCUT2D eigenvalue weighted by molar-refractivity contribution is 5.49. The molecule has 2 aromatic heterocycles. The molecule has 0 bridgehead atoms. The number of hydrogen-bond donors (Lipinski definition) is 1. The Morgan fingerprint density at radius 3 is 2.88 bits per heavy atom. The number of aliphatic hydroxyl groups is 1. The first kappa shape index (κ1) is 17.1. The second kappa shape index (κ2) is 7.03. The van der Waals surface area contributed by atoms with Gasteiger partial charge in [0.05, 0.1) is 23.4 Å². The lowest BCUT2D eigenvalue weighted by atomic mass is 10.0. The lowest BCUT2D eigenvalue weighted by molar-refractivity contribution is 0.0499. The van der Waals surface area contributed by atoms with Gasteiger partial charge in [0.25, 0.3) is 5.89 Å². The largest absolute Gasteiger partial charge is 0.390 e. The normalized spacial score (nSPS) is 20.2. The Kier molecular flexibility index (Phi) is 5.01. The Morgan fingerprint density at radius 1 is 1.33 bits per heavy atom. The molecule has 0 spiro atoms. The summed E-state index contributed by atoms with van der Waals surface area (Å²) in [6.45, 7) is 5.56. The second-order valence-corrected chi connectivity index (χ2v) is 7.32. The molecule has 1 atom stereocenters. The fourth-order valence-electron chi connectivity index (χ4n) is 3.16. The van der Waals surface area contributed by atoms with Crippen LogP contribution < -0.4 is 0 Å². The van der Waals surface area contributed by atoms with Crippen LogP contribution in [-0.2, 0) is 7.05 Å². The minimum absolute atomic E-state index is 0.157. The van der Waals surface area contributed by atoms with Gasteiger partial charge >= 0.3 is 0 Å². The second-order valence-electron chi connectivity index (χ2n) is 7.32. The Hall–Kier alpha value is -1.73. The van der Waals surface area contributed by atoms with Crippen LogP contribution in [0.5, 0.6) is 0 Å². The van der Waals surface area contributed by atoms with E-state index in [9.17, 15) is 5.11 Å². The van der Waals surface area contributed by atoms with E-state index in [1.54, 1.807) is 10.9 Å². The maximum absolute atomic E-state index is 10.0. The van der Waals surface area contributed by atoms with E-state index in [0.717, 1.165) is 37.3 Å². The molecule has 1 aliphatic heterocycles. The number of aromatic nitrogens is 4. The van der Waals surface area contributed by atoms with E-state index < -0.39 is 5.60 Å². The first-order valence-corrected chi connectivity index (χ1v) is 8.71. The van der Waals surface area contributed by atoms with E-state index in [1.807, 2.05) is 27.1 Å². The third-order valence-electron chi connectivity index (χ3n) is 4.57. The number of hydrogen-bond acceptors (Lipinski definition) is 6. The molecule has 0 aliphatic carbocycles. The first-order chi connectivity index (χ1) is 11.4. The molecular weight excluding hydrogens is 306 g/mol. The zero-order chi connectivity index (χ0) is 17.2. The molecule has 0 radical (unpaired) electrons. The van der Waals surface area contributed by atoms with E-state index in [1.165, 1.54) is 19.3 Å². The summed E-state index contributed by atoms with van der Waals surface area (Å²) in [5.74, 6) is 1.26. The van der Waals surface area contributed by atoms with Crippen molar-refractivity contribution in [2.45, 2.75) is 57.6 Å². The van der Waals surface area contributed by atoms with Gasteiger partial charge < -0.3 is 9.63 Å². The van der Waals surface area contributed by atoms with Crippen LogP contribution in [0.4, 0.5) is 0 Å². The van der Waals surface area contributed by atoms with Crippen molar-refractivity contribution < 1.29 is 9.63 Å². The number of nitrogens with zero attached hydrogens (tertiary/aromatic N) is 5. The summed E-state index contributed by atoms with van der Waals surface area (Å²) in [5, 5.41) is 18.4. The third-order valence-corrected chi connectivity index (χ3v) is 4.57. The lowest BCUT2D eigenvalue weighted by Gasteiger charge is -2.30. The van der Waals surface area contributed by atoms with Gasteiger partial charge in [-0.15, -0.1) is 0 Å². The molecule has 1 N–H and O–H groups in total. The van der Waals surface area contributed by atoms with E-state index in [0.29, 0.717) is 5.89 Å². The monoisotopic (exact) mass is 333 g/mol. The third kappa shape index (κ3) is 4.21. The van der Waals surface area contributed by atoms with E-state index in [2.05, 4.69) is 20.1 Å². The van der Waals surface area contributed by atoms with Crippen LogP contribution in [0.2, 0.25) is 0 Å². The van der Waals surface area contributed by atoms with Crippen molar-refractivity contribution in [1.29, 1.82) is 0 Å². The molecule has 0 saturated carbocycles. The van der Waals surface area contributed by atoms with Gasteiger partial charge in [0.15, 0.2) is 5.82 Å². The average molecular weight is 333 g/mol. The summed E-state index contributed by atoms with van der Waals surface area (Å²) >= 11 is 0. The molecule has 7 nitrogen and oxygen atoms in total. The fraction of sp³-hybridized carbons (Fsp3) is 0.706. The van der Waals surface area contributed by atoms with Crippen LogP contribution in [0.15, 0.2) is 16.9 Å². The number of aryl methyl sites for hydroxylation is 1. The highest BCUT2D eigenvalue weighted by Gasteiger charge is 2.28. The highest BCUT2D eigenvalue weighted by Crippen LogP contribution is 2.30. The minimum atomic E-state index is -0.658. The predicted molar refractivity (Wildman–Crippen MR) is 90.2 cm³/mol. The van der Waals surface area contributed by atoms with Gasteiger partial charge in [-0.2, -0.15) is 10.1 Å². The summed E-state index contributed by atoms with van der Waals surface area (Å²) < 4.78 is 7.18. The van der Waals surface area contributed by atoms with Crippen LogP contribution in [0.3, 0.4) is 0 Å². The number of likely N-dealkylation sites (tertiary alicyclic amines) is 1. The average Bonchev–Trinajstić information content (AvgIpc) is 3.09. The van der Waals surface area contributed by atoms with Gasteiger partial charge in [-0.3, -0.25) is 9.58 Å². The molecule has 0 amide bonds. The first-order valence-electron chi connectivity index (χ1n) is 8.71. The molecule has 1 fully saturated rings. The van der Waals surface area contributed by atoms with Crippen molar-refractivity contribution in [1.82, 2.24) is 24.8 Å². The zero-order valence-corrected chi connectivity index (χ0v) is 14.8. The summed E-state index contributed by atoms with van der Waals surface area (Å²) in [6.07, 6.45) is 8.93. The molecule has 2 aromatic rings. The molecule has 24 heavy (non-hydrogen) atoms. The molecule has 3 heterocycles. The van der Waals surface area contributed by atoms with Gasteiger partial charge in [0.2, 0.25) is 0 Å². The molecule has 0 aromatic carbocycles. The van der Waals surface area contributed by atoms with Crippen molar-refractivity contribution >= 4 is 0 Å². The molecular formula is C17H27N5O2. The maximum Gasteiger partial charge on any atom is 0.261 e. The van der Waals surface area contributed by atoms with Crippen LogP contribution in [-0.4, -0.2) is 48.6 Å². The molecule has 132 valence electrons. The van der Waals surface area contributed by atoms with Crippen molar-refractivity contribution in [3.8, 4) is 11.5 Å². The van der Waals surface area contributed by atoms with Crippen LogP contribution >= 0.6 is 0 Å². The standard InChI is InChI=1S/C17H27N5O2/c1-17(2,23)8-10-22-9-6-4-5-7-14(22)15-19-16(24-20-15)13-11-18-21(3)12-13/h11-12,14,23H,4-10H2,1-3H3/t14-/m0/s1. The molecule has 7 heteroatoms. The maximum atomic E-state index is 10.0. The molecule has 1 aliphatic rings. The summed E-state index contributed by atoms with van der Waals surface area (Å²) in [4.78, 5) is 7.01. The Bertz CT molecular complexity index is 658. The van der Waals surface area contributed by atoms with E-state index in [4.69, 9.17) is 4.52 Å². The fourth-order valence-corrected chi connectivity index (χ4v) is 3.16. The summed E-state index contributed by atoms with van der Waals surface area (Å²) in [6, 6.07) is 0.157. The summed E-state index contributed by atoms with van der Waals surface area (Å²) in [5.41, 5.74) is 0.183. The van der Waals surface area contributed by atoms with Gasteiger partial charge in [0, 0.05) is 19.8 Å². The zero-order valence-electron chi connectivity index (χ0n) is 14.8. The van der Waals surface area contributed by atoms with Crippen LogP contribution in [0.25, 0.3) is 11.5 Å². The smallest absolute Gasteiger partial charge is 0.261 e. The molecule has 1 saturated heterocycles. The quantitative estimate of drug-likeness (QED) is 0.906. The molecule has 3 rings (SSSR count). The van der Waals surface area contributed by atoms with Crippen LogP contribution in [0, 0.1) is 0 Å². The van der Waals surface area contributed by atoms with Gasteiger partial charge in [-0.1, -0.05) is 18.0 Å². The van der Waals surface area contributed by atoms with E-state index >= 15 is 0 Å². The van der Waals surface area contributed by atoms with Crippen LogP contribution in [0.1, 0.15) is 57.8 Å². The topological polar surface area (TPSA) is 80.2 Å². The summed E-state index contributed by atoms with van der Waals surface area (Å²) in [7, 11) is 1.87. The Balaban J connectivity index is 1.77. The molecule has 0 unspecified atom stereocenters.